The molecule has 1 N–H and O–H groups in total. The standard InChI is InChI=1S/C18H17Cl2IN2O3/c1-3-25-16-8-11(7-15(21)17(16)26-4-2)10-22-23-18(24)12-5-6-13(19)14(20)9-12/h5-10H,3-4H2,1-2H3,(H,23,24)/b22-10-. The van der Waals surface area contributed by atoms with Crippen LogP contribution in [0.3, 0.4) is 0 Å². The first-order valence-electron chi connectivity index (χ1n) is 7.83. The van der Waals surface area contributed by atoms with Gasteiger partial charge in [-0.2, -0.15) is 5.10 Å². The molecule has 0 saturated heterocycles. The number of benzene rings is 2. The third kappa shape index (κ3) is 5.49. The number of hydrogen-bond donors (Lipinski definition) is 1. The molecule has 0 saturated carbocycles. The molecule has 0 spiro atoms. The maximum Gasteiger partial charge on any atom is 0.271 e. The number of rotatable bonds is 7. The summed E-state index contributed by atoms with van der Waals surface area (Å²) in [5, 5.41) is 4.69. The maximum atomic E-state index is 12.1. The van der Waals surface area contributed by atoms with E-state index in [9.17, 15) is 4.79 Å². The Bertz CT molecular complexity index is 828. The van der Waals surface area contributed by atoms with E-state index in [1.165, 1.54) is 12.3 Å². The normalized spacial score (nSPS) is 10.8. The van der Waals surface area contributed by atoms with Gasteiger partial charge in [0.05, 0.1) is 33.0 Å². The average Bonchev–Trinajstić information content (AvgIpc) is 2.60. The lowest BCUT2D eigenvalue weighted by atomic mass is 10.2. The Labute approximate surface area is 175 Å². The number of ether oxygens (including phenoxy) is 2. The molecule has 2 aromatic carbocycles. The molecule has 1 amide bonds. The van der Waals surface area contributed by atoms with Crippen molar-refractivity contribution in [3.05, 3.63) is 55.1 Å². The maximum absolute atomic E-state index is 12.1. The Morgan fingerprint density at radius 2 is 1.88 bits per heavy atom. The van der Waals surface area contributed by atoms with E-state index in [0.717, 1.165) is 9.13 Å². The highest BCUT2D eigenvalue weighted by atomic mass is 127. The Hall–Kier alpha value is -1.51. The zero-order valence-electron chi connectivity index (χ0n) is 14.2. The fourth-order valence-corrected chi connectivity index (χ4v) is 3.16. The Balaban J connectivity index is 2.14. The number of carbonyl (C=O) groups is 1. The van der Waals surface area contributed by atoms with Gasteiger partial charge in [-0.3, -0.25) is 4.79 Å². The van der Waals surface area contributed by atoms with E-state index >= 15 is 0 Å². The summed E-state index contributed by atoms with van der Waals surface area (Å²) >= 11 is 13.9. The van der Waals surface area contributed by atoms with Crippen molar-refractivity contribution in [1.29, 1.82) is 0 Å². The number of nitrogens with zero attached hydrogens (tertiary/aromatic N) is 1. The molecule has 0 fully saturated rings. The number of carbonyl (C=O) groups excluding carboxylic acids is 1. The van der Waals surface area contributed by atoms with Crippen molar-refractivity contribution in [3.8, 4) is 11.5 Å². The number of amides is 1. The molecule has 5 nitrogen and oxygen atoms in total. The lowest BCUT2D eigenvalue weighted by molar-refractivity contribution is 0.0955. The van der Waals surface area contributed by atoms with Gasteiger partial charge in [0, 0.05) is 5.56 Å². The lowest BCUT2D eigenvalue weighted by Crippen LogP contribution is -2.17. The van der Waals surface area contributed by atoms with Crippen LogP contribution < -0.4 is 14.9 Å². The molecule has 0 atom stereocenters. The van der Waals surface area contributed by atoms with Crippen LogP contribution in [0.25, 0.3) is 0 Å². The molecule has 2 aromatic rings. The van der Waals surface area contributed by atoms with Crippen LogP contribution in [0.4, 0.5) is 0 Å². The van der Waals surface area contributed by atoms with Crippen molar-refractivity contribution in [2.45, 2.75) is 13.8 Å². The van der Waals surface area contributed by atoms with E-state index in [4.69, 9.17) is 32.7 Å². The summed E-state index contributed by atoms with van der Waals surface area (Å²) in [5.41, 5.74) is 3.60. The van der Waals surface area contributed by atoms with Crippen molar-refractivity contribution < 1.29 is 14.3 Å². The number of hydrogen-bond acceptors (Lipinski definition) is 4. The Morgan fingerprint density at radius 1 is 1.15 bits per heavy atom. The first-order valence-corrected chi connectivity index (χ1v) is 9.67. The molecule has 0 aliphatic carbocycles. The van der Waals surface area contributed by atoms with Crippen LogP contribution in [0, 0.1) is 3.57 Å². The predicted octanol–water partition coefficient (Wildman–Crippen LogP) is 5.16. The molecule has 0 aliphatic heterocycles. The molecule has 0 bridgehead atoms. The van der Waals surface area contributed by atoms with Gasteiger partial charge in [-0.25, -0.2) is 5.43 Å². The molecule has 0 aromatic heterocycles. The van der Waals surface area contributed by atoms with Gasteiger partial charge >= 0.3 is 0 Å². The smallest absolute Gasteiger partial charge is 0.271 e. The van der Waals surface area contributed by atoms with E-state index in [1.54, 1.807) is 12.1 Å². The van der Waals surface area contributed by atoms with Gasteiger partial charge < -0.3 is 9.47 Å². The minimum atomic E-state index is -0.384. The molecule has 138 valence electrons. The van der Waals surface area contributed by atoms with Gasteiger partial charge in [0.25, 0.3) is 5.91 Å². The zero-order chi connectivity index (χ0) is 19.1. The van der Waals surface area contributed by atoms with E-state index in [-0.39, 0.29) is 5.91 Å². The van der Waals surface area contributed by atoms with Crippen LogP contribution in [-0.4, -0.2) is 25.3 Å². The van der Waals surface area contributed by atoms with Crippen molar-refractivity contribution in [1.82, 2.24) is 5.43 Å². The molecule has 0 heterocycles. The quantitative estimate of drug-likeness (QED) is 0.320. The Morgan fingerprint density at radius 3 is 2.54 bits per heavy atom. The van der Waals surface area contributed by atoms with E-state index in [1.807, 2.05) is 26.0 Å². The average molecular weight is 507 g/mol. The van der Waals surface area contributed by atoms with Crippen molar-refractivity contribution in [2.24, 2.45) is 5.10 Å². The van der Waals surface area contributed by atoms with Crippen LogP contribution in [0.5, 0.6) is 11.5 Å². The summed E-state index contributed by atoms with van der Waals surface area (Å²) in [6.07, 6.45) is 1.54. The molecule has 0 unspecified atom stereocenters. The van der Waals surface area contributed by atoms with Gasteiger partial charge in [0.15, 0.2) is 11.5 Å². The summed E-state index contributed by atoms with van der Waals surface area (Å²) < 4.78 is 12.1. The Kier molecular flexibility index (Phi) is 7.99. The SMILES string of the molecule is CCOc1cc(/C=N\NC(=O)c2ccc(Cl)c(Cl)c2)cc(I)c1OCC. The zero-order valence-corrected chi connectivity index (χ0v) is 17.9. The van der Waals surface area contributed by atoms with Crippen LogP contribution in [0.15, 0.2) is 35.4 Å². The van der Waals surface area contributed by atoms with Crippen molar-refractivity contribution in [2.75, 3.05) is 13.2 Å². The van der Waals surface area contributed by atoms with E-state index in [0.29, 0.717) is 40.3 Å². The van der Waals surface area contributed by atoms with Gasteiger partial charge in [-0.15, -0.1) is 0 Å². The summed E-state index contributed by atoms with van der Waals surface area (Å²) in [6.45, 7) is 4.88. The van der Waals surface area contributed by atoms with Gasteiger partial charge in [0.2, 0.25) is 0 Å². The highest BCUT2D eigenvalue weighted by Crippen LogP contribution is 2.33. The molecule has 0 radical (unpaired) electrons. The predicted molar refractivity (Wildman–Crippen MR) is 113 cm³/mol. The summed E-state index contributed by atoms with van der Waals surface area (Å²) in [7, 11) is 0. The number of nitrogens with one attached hydrogen (secondary N) is 1. The molecule has 26 heavy (non-hydrogen) atoms. The van der Waals surface area contributed by atoms with E-state index < -0.39 is 0 Å². The van der Waals surface area contributed by atoms with Crippen LogP contribution >= 0.6 is 45.8 Å². The van der Waals surface area contributed by atoms with Crippen molar-refractivity contribution >= 4 is 57.9 Å². The fraction of sp³-hybridized carbons (Fsp3) is 0.222. The first kappa shape index (κ1) is 20.8. The largest absolute Gasteiger partial charge is 0.490 e. The lowest BCUT2D eigenvalue weighted by Gasteiger charge is -2.13. The third-order valence-corrected chi connectivity index (χ3v) is 4.72. The fourth-order valence-electron chi connectivity index (χ4n) is 2.08. The second-order valence-electron chi connectivity index (χ2n) is 5.02. The third-order valence-electron chi connectivity index (χ3n) is 3.18. The van der Waals surface area contributed by atoms with Gasteiger partial charge in [-0.05, 0) is 72.3 Å². The highest BCUT2D eigenvalue weighted by molar-refractivity contribution is 14.1. The molecule has 8 heteroatoms. The first-order chi connectivity index (χ1) is 12.5. The van der Waals surface area contributed by atoms with Crippen LogP contribution in [0.2, 0.25) is 10.0 Å². The minimum absolute atomic E-state index is 0.311. The summed E-state index contributed by atoms with van der Waals surface area (Å²) in [4.78, 5) is 12.1. The monoisotopic (exact) mass is 506 g/mol. The van der Waals surface area contributed by atoms with Gasteiger partial charge in [0.1, 0.15) is 0 Å². The minimum Gasteiger partial charge on any atom is -0.490 e. The number of halogens is 3. The summed E-state index contributed by atoms with van der Waals surface area (Å²) in [5.74, 6) is 0.955. The topological polar surface area (TPSA) is 59.9 Å². The molecular formula is C18H17Cl2IN2O3. The highest BCUT2D eigenvalue weighted by Gasteiger charge is 2.11. The van der Waals surface area contributed by atoms with Crippen molar-refractivity contribution in [3.63, 3.8) is 0 Å². The molecule has 2 rings (SSSR count). The second kappa shape index (κ2) is 9.99. The van der Waals surface area contributed by atoms with Crippen LogP contribution in [-0.2, 0) is 0 Å². The summed E-state index contributed by atoms with van der Waals surface area (Å²) in [6, 6.07) is 8.33. The van der Waals surface area contributed by atoms with Gasteiger partial charge in [-0.1, -0.05) is 23.2 Å². The second-order valence-corrected chi connectivity index (χ2v) is 7.00. The molecular weight excluding hydrogens is 490 g/mol. The molecule has 0 aliphatic rings. The van der Waals surface area contributed by atoms with E-state index in [2.05, 4.69) is 33.1 Å². The van der Waals surface area contributed by atoms with Crippen LogP contribution in [0.1, 0.15) is 29.8 Å². The number of hydrazone groups is 1.